The highest BCUT2D eigenvalue weighted by Gasteiger charge is 2.35. The lowest BCUT2D eigenvalue weighted by atomic mass is 9.99. The van der Waals surface area contributed by atoms with E-state index in [2.05, 4.69) is 33.3 Å². The van der Waals surface area contributed by atoms with Crippen molar-refractivity contribution in [2.75, 3.05) is 5.32 Å². The summed E-state index contributed by atoms with van der Waals surface area (Å²) in [6.45, 7) is 0. The van der Waals surface area contributed by atoms with Crippen molar-refractivity contribution in [3.8, 4) is 0 Å². The molecule has 1 unspecified atom stereocenters. The molecule has 1 aliphatic heterocycles. The van der Waals surface area contributed by atoms with Gasteiger partial charge in [0.15, 0.2) is 0 Å². The summed E-state index contributed by atoms with van der Waals surface area (Å²) in [7, 11) is 0. The highest BCUT2D eigenvalue weighted by Crippen LogP contribution is 2.35. The van der Waals surface area contributed by atoms with Crippen LogP contribution >= 0.6 is 22.6 Å². The third-order valence-electron chi connectivity index (χ3n) is 5.36. The van der Waals surface area contributed by atoms with E-state index in [0.717, 1.165) is 25.6 Å². The highest BCUT2D eigenvalue weighted by atomic mass is 127. The fraction of sp³-hybridized carbons (Fsp3) is 0.0400. The maximum absolute atomic E-state index is 13.5. The summed E-state index contributed by atoms with van der Waals surface area (Å²) in [6.07, 6.45) is -0.557. The second-order valence-electron chi connectivity index (χ2n) is 7.29. The zero-order valence-electron chi connectivity index (χ0n) is 16.4. The van der Waals surface area contributed by atoms with Gasteiger partial charge in [-0.05, 0) is 63.7 Å². The molecule has 0 saturated heterocycles. The summed E-state index contributed by atoms with van der Waals surface area (Å²) in [5.41, 5.74) is 5.50. The molecule has 5 rings (SSSR count). The molecule has 2 N–H and O–H groups in total. The van der Waals surface area contributed by atoms with Crippen molar-refractivity contribution >= 4 is 50.9 Å². The van der Waals surface area contributed by atoms with Crippen LogP contribution in [0.4, 0.5) is 5.69 Å². The maximum atomic E-state index is 13.5. The molecule has 4 aromatic carbocycles. The standard InChI is InChI=1S/C25H18IN3O2/c26-18-13-14-22-21(15-18)25(31)29(28-24(30)17-8-2-1-3-9-17)23(27-22)20-12-6-10-16-7-4-5-11-19(16)20/h1-15,23,27H,(H,28,30). The van der Waals surface area contributed by atoms with E-state index in [9.17, 15) is 9.59 Å². The van der Waals surface area contributed by atoms with E-state index in [1.165, 1.54) is 5.01 Å². The lowest BCUT2D eigenvalue weighted by molar-refractivity contribution is 0.0492. The van der Waals surface area contributed by atoms with Crippen molar-refractivity contribution in [3.05, 3.63) is 111 Å². The molecule has 0 saturated carbocycles. The largest absolute Gasteiger partial charge is 0.359 e. The number of hydrazine groups is 1. The van der Waals surface area contributed by atoms with Crippen LogP contribution in [-0.4, -0.2) is 16.8 Å². The number of nitrogens with one attached hydrogen (secondary N) is 2. The van der Waals surface area contributed by atoms with Crippen LogP contribution in [0.25, 0.3) is 10.8 Å². The van der Waals surface area contributed by atoms with E-state index >= 15 is 0 Å². The monoisotopic (exact) mass is 519 g/mol. The average Bonchev–Trinajstić information content (AvgIpc) is 2.81. The molecule has 1 atom stereocenters. The van der Waals surface area contributed by atoms with Crippen molar-refractivity contribution < 1.29 is 9.59 Å². The number of halogens is 1. The molecule has 0 aliphatic carbocycles. The van der Waals surface area contributed by atoms with Gasteiger partial charge in [-0.3, -0.25) is 15.0 Å². The first-order valence-electron chi connectivity index (χ1n) is 9.85. The minimum atomic E-state index is -0.557. The molecule has 2 amide bonds. The first-order chi connectivity index (χ1) is 15.1. The summed E-state index contributed by atoms with van der Waals surface area (Å²) in [5.74, 6) is -0.593. The number of rotatable bonds is 3. The van der Waals surface area contributed by atoms with Crippen molar-refractivity contribution in [3.63, 3.8) is 0 Å². The van der Waals surface area contributed by atoms with Gasteiger partial charge in [0.1, 0.15) is 6.17 Å². The van der Waals surface area contributed by atoms with Gasteiger partial charge in [0, 0.05) is 20.4 Å². The van der Waals surface area contributed by atoms with Crippen LogP contribution in [0.1, 0.15) is 32.4 Å². The third-order valence-corrected chi connectivity index (χ3v) is 6.03. The van der Waals surface area contributed by atoms with Crippen molar-refractivity contribution in [1.29, 1.82) is 0 Å². The number of carbonyl (C=O) groups is 2. The Morgan fingerprint density at radius 2 is 1.65 bits per heavy atom. The Labute approximate surface area is 193 Å². The third kappa shape index (κ3) is 3.63. The molecule has 0 fully saturated rings. The Balaban J connectivity index is 1.62. The number of hydrogen-bond donors (Lipinski definition) is 2. The summed E-state index contributed by atoms with van der Waals surface area (Å²) < 4.78 is 0.949. The van der Waals surface area contributed by atoms with Crippen molar-refractivity contribution in [2.24, 2.45) is 0 Å². The second-order valence-corrected chi connectivity index (χ2v) is 8.53. The smallest absolute Gasteiger partial charge is 0.276 e. The molecule has 0 bridgehead atoms. The van der Waals surface area contributed by atoms with Gasteiger partial charge >= 0.3 is 0 Å². The van der Waals surface area contributed by atoms with E-state index in [-0.39, 0.29) is 11.8 Å². The van der Waals surface area contributed by atoms with Gasteiger partial charge < -0.3 is 5.32 Å². The lowest BCUT2D eigenvalue weighted by Crippen LogP contribution is -2.53. The average molecular weight is 519 g/mol. The minimum Gasteiger partial charge on any atom is -0.359 e. The predicted molar refractivity (Wildman–Crippen MR) is 130 cm³/mol. The lowest BCUT2D eigenvalue weighted by Gasteiger charge is -2.38. The van der Waals surface area contributed by atoms with Gasteiger partial charge in [0.05, 0.1) is 5.56 Å². The normalized spacial score (nSPS) is 15.3. The van der Waals surface area contributed by atoms with Crippen LogP contribution in [0.3, 0.4) is 0 Å². The van der Waals surface area contributed by atoms with E-state index in [1.54, 1.807) is 24.3 Å². The van der Waals surface area contributed by atoms with Gasteiger partial charge in [-0.1, -0.05) is 60.7 Å². The number of nitrogens with zero attached hydrogens (tertiary/aromatic N) is 1. The SMILES string of the molecule is O=C(NN1C(=O)c2cc(I)ccc2NC1c1cccc2ccccc12)c1ccccc1. The van der Waals surface area contributed by atoms with Crippen molar-refractivity contribution in [1.82, 2.24) is 10.4 Å². The summed E-state index contributed by atoms with van der Waals surface area (Å²) in [6, 6.07) is 28.6. The molecule has 1 aliphatic rings. The summed E-state index contributed by atoms with van der Waals surface area (Å²) in [5, 5.41) is 6.94. The highest BCUT2D eigenvalue weighted by molar-refractivity contribution is 14.1. The Morgan fingerprint density at radius 3 is 2.48 bits per heavy atom. The summed E-state index contributed by atoms with van der Waals surface area (Å²) >= 11 is 2.18. The molecule has 1 heterocycles. The molecular weight excluding hydrogens is 501 g/mol. The van der Waals surface area contributed by atoms with Gasteiger partial charge in [-0.25, -0.2) is 5.01 Å². The molecule has 4 aromatic rings. The Morgan fingerprint density at radius 1 is 0.903 bits per heavy atom. The van der Waals surface area contributed by atoms with Gasteiger partial charge in [0.25, 0.3) is 11.8 Å². The number of benzene rings is 4. The predicted octanol–water partition coefficient (Wildman–Crippen LogP) is 5.36. The number of carbonyl (C=O) groups excluding carboxylic acids is 2. The van der Waals surface area contributed by atoms with E-state index in [1.807, 2.05) is 66.7 Å². The zero-order valence-corrected chi connectivity index (χ0v) is 18.5. The molecule has 31 heavy (non-hydrogen) atoms. The first kappa shape index (κ1) is 19.6. The van der Waals surface area contributed by atoms with Crippen LogP contribution in [0.15, 0.2) is 91.0 Å². The topological polar surface area (TPSA) is 61.4 Å². The van der Waals surface area contributed by atoms with E-state index in [4.69, 9.17) is 0 Å². The summed E-state index contributed by atoms with van der Waals surface area (Å²) in [4.78, 5) is 26.5. The molecule has 5 nitrogen and oxygen atoms in total. The van der Waals surface area contributed by atoms with Crippen LogP contribution in [-0.2, 0) is 0 Å². The van der Waals surface area contributed by atoms with Crippen LogP contribution < -0.4 is 10.7 Å². The quantitative estimate of drug-likeness (QED) is 0.359. The van der Waals surface area contributed by atoms with Crippen LogP contribution in [0.5, 0.6) is 0 Å². The Bertz CT molecular complexity index is 1300. The number of hydrogen-bond acceptors (Lipinski definition) is 3. The molecule has 6 heteroatoms. The molecule has 0 spiro atoms. The molecule has 0 aromatic heterocycles. The zero-order chi connectivity index (χ0) is 21.4. The van der Waals surface area contributed by atoms with Gasteiger partial charge in [-0.2, -0.15) is 0 Å². The van der Waals surface area contributed by atoms with E-state index in [0.29, 0.717) is 11.1 Å². The van der Waals surface area contributed by atoms with Gasteiger partial charge in [-0.15, -0.1) is 0 Å². The number of fused-ring (bicyclic) bond motifs is 2. The van der Waals surface area contributed by atoms with Gasteiger partial charge in [0.2, 0.25) is 0 Å². The first-order valence-corrected chi connectivity index (χ1v) is 10.9. The fourth-order valence-electron chi connectivity index (χ4n) is 3.86. The number of anilines is 1. The Kier molecular flexibility index (Phi) is 5.07. The fourth-order valence-corrected chi connectivity index (χ4v) is 4.35. The molecular formula is C25H18IN3O2. The van der Waals surface area contributed by atoms with Crippen molar-refractivity contribution in [2.45, 2.75) is 6.17 Å². The van der Waals surface area contributed by atoms with Crippen LogP contribution in [0.2, 0.25) is 0 Å². The maximum Gasteiger partial charge on any atom is 0.276 e. The van der Waals surface area contributed by atoms with E-state index < -0.39 is 6.17 Å². The second kappa shape index (κ2) is 8.03. The Hall–Kier alpha value is -3.39. The minimum absolute atomic E-state index is 0.255. The molecule has 152 valence electrons. The van der Waals surface area contributed by atoms with Crippen LogP contribution in [0, 0.1) is 3.57 Å². The molecule has 0 radical (unpaired) electrons. The number of amides is 2.